The van der Waals surface area contributed by atoms with Gasteiger partial charge in [-0.05, 0) is 25.5 Å². The quantitative estimate of drug-likeness (QED) is 0.606. The smallest absolute Gasteiger partial charge is 0.0413 e. The van der Waals surface area contributed by atoms with Gasteiger partial charge in [-0.15, -0.1) is 0 Å². The van der Waals surface area contributed by atoms with Crippen molar-refractivity contribution in [3.63, 3.8) is 0 Å². The highest BCUT2D eigenvalue weighted by Gasteiger charge is 1.95. The number of hydrogen-bond acceptors (Lipinski definition) is 1. The van der Waals surface area contributed by atoms with Crippen LogP contribution in [0.4, 0.5) is 0 Å². The average Bonchev–Trinajstić information content (AvgIpc) is 1.83. The summed E-state index contributed by atoms with van der Waals surface area (Å²) in [5, 5.41) is 0. The zero-order valence-corrected chi connectivity index (χ0v) is 7.07. The molecule has 0 saturated heterocycles. The first-order valence-corrected chi connectivity index (χ1v) is 3.59. The van der Waals surface area contributed by atoms with Crippen LogP contribution in [0.3, 0.4) is 0 Å². The lowest BCUT2D eigenvalue weighted by molar-refractivity contribution is 1.14. The Kier molecular flexibility index (Phi) is 1.86. The standard InChI is InChI=1S/C7H8BrN/c1-5-6(2)9-4-3-7(5)8/h3-4H,1-2H3. The second kappa shape index (κ2) is 2.48. The minimum atomic E-state index is 1.09. The molecule has 0 fully saturated rings. The van der Waals surface area contributed by atoms with E-state index in [4.69, 9.17) is 0 Å². The van der Waals surface area contributed by atoms with Crippen molar-refractivity contribution in [2.45, 2.75) is 13.8 Å². The minimum Gasteiger partial charge on any atom is -0.261 e. The average molecular weight is 186 g/mol. The lowest BCUT2D eigenvalue weighted by Crippen LogP contribution is -1.84. The van der Waals surface area contributed by atoms with Gasteiger partial charge in [0.25, 0.3) is 0 Å². The Balaban J connectivity index is 3.25. The summed E-state index contributed by atoms with van der Waals surface area (Å²) >= 11 is 3.41. The Hall–Kier alpha value is -0.370. The zero-order valence-electron chi connectivity index (χ0n) is 5.48. The molecule has 0 saturated carbocycles. The van der Waals surface area contributed by atoms with Gasteiger partial charge in [0.15, 0.2) is 0 Å². The molecule has 9 heavy (non-hydrogen) atoms. The predicted molar refractivity (Wildman–Crippen MR) is 41.4 cm³/mol. The lowest BCUT2D eigenvalue weighted by Gasteiger charge is -1.98. The number of aromatic nitrogens is 1. The molecule has 0 N–H and O–H groups in total. The van der Waals surface area contributed by atoms with E-state index in [1.807, 2.05) is 19.9 Å². The van der Waals surface area contributed by atoms with E-state index in [0.717, 1.165) is 10.2 Å². The summed E-state index contributed by atoms with van der Waals surface area (Å²) in [6, 6.07) is 1.95. The largest absolute Gasteiger partial charge is 0.261 e. The summed E-state index contributed by atoms with van der Waals surface area (Å²) in [6.45, 7) is 4.05. The van der Waals surface area contributed by atoms with Crippen molar-refractivity contribution in [1.82, 2.24) is 4.98 Å². The van der Waals surface area contributed by atoms with Crippen molar-refractivity contribution in [3.05, 3.63) is 28.0 Å². The van der Waals surface area contributed by atoms with Gasteiger partial charge in [0.2, 0.25) is 0 Å². The highest BCUT2D eigenvalue weighted by Crippen LogP contribution is 2.15. The van der Waals surface area contributed by atoms with Gasteiger partial charge >= 0.3 is 0 Å². The van der Waals surface area contributed by atoms with E-state index in [9.17, 15) is 0 Å². The number of rotatable bonds is 0. The number of hydrogen-bond donors (Lipinski definition) is 0. The fourth-order valence-electron chi connectivity index (χ4n) is 0.609. The molecule has 1 rings (SSSR count). The third-order valence-corrected chi connectivity index (χ3v) is 2.25. The van der Waals surface area contributed by atoms with Crippen LogP contribution in [0.25, 0.3) is 0 Å². The topological polar surface area (TPSA) is 12.9 Å². The van der Waals surface area contributed by atoms with Crippen LogP contribution >= 0.6 is 15.9 Å². The highest BCUT2D eigenvalue weighted by molar-refractivity contribution is 9.10. The van der Waals surface area contributed by atoms with E-state index < -0.39 is 0 Å². The molecule has 0 unspecified atom stereocenters. The number of nitrogens with zero attached hydrogens (tertiary/aromatic N) is 1. The minimum absolute atomic E-state index is 1.09. The summed E-state index contributed by atoms with van der Waals surface area (Å²) in [5.74, 6) is 0. The third kappa shape index (κ3) is 1.30. The van der Waals surface area contributed by atoms with Crippen molar-refractivity contribution in [2.75, 3.05) is 0 Å². The molecule has 0 aliphatic rings. The Labute approximate surface area is 63.2 Å². The maximum atomic E-state index is 4.11. The van der Waals surface area contributed by atoms with Gasteiger partial charge in [-0.3, -0.25) is 4.98 Å². The Morgan fingerprint density at radius 2 is 2.11 bits per heavy atom. The van der Waals surface area contributed by atoms with Crippen LogP contribution in [0.5, 0.6) is 0 Å². The van der Waals surface area contributed by atoms with Crippen LogP contribution in [-0.2, 0) is 0 Å². The number of halogens is 1. The van der Waals surface area contributed by atoms with Crippen molar-refractivity contribution in [1.29, 1.82) is 0 Å². The van der Waals surface area contributed by atoms with Gasteiger partial charge in [-0.2, -0.15) is 0 Å². The van der Waals surface area contributed by atoms with Gasteiger partial charge in [0, 0.05) is 16.4 Å². The van der Waals surface area contributed by atoms with E-state index in [-0.39, 0.29) is 0 Å². The highest BCUT2D eigenvalue weighted by atomic mass is 79.9. The molecule has 1 heterocycles. The molecular formula is C7H8BrN. The van der Waals surface area contributed by atoms with Crippen LogP contribution in [0.1, 0.15) is 11.3 Å². The van der Waals surface area contributed by atoms with Crippen LogP contribution in [0.2, 0.25) is 0 Å². The van der Waals surface area contributed by atoms with Crippen LogP contribution in [0, 0.1) is 13.8 Å². The van der Waals surface area contributed by atoms with Crippen molar-refractivity contribution < 1.29 is 0 Å². The maximum absolute atomic E-state index is 4.11. The molecule has 0 aromatic carbocycles. The van der Waals surface area contributed by atoms with Crippen LogP contribution < -0.4 is 0 Å². The Morgan fingerprint density at radius 3 is 2.56 bits per heavy atom. The van der Waals surface area contributed by atoms with Crippen LogP contribution in [-0.4, -0.2) is 4.98 Å². The first kappa shape index (κ1) is 6.75. The lowest BCUT2D eigenvalue weighted by atomic mass is 10.2. The molecule has 0 aliphatic heterocycles. The Morgan fingerprint density at radius 1 is 1.44 bits per heavy atom. The normalized spacial score (nSPS) is 9.67. The molecule has 0 bridgehead atoms. The second-order valence-electron chi connectivity index (χ2n) is 2.00. The number of aryl methyl sites for hydroxylation is 1. The predicted octanol–water partition coefficient (Wildman–Crippen LogP) is 2.46. The zero-order chi connectivity index (χ0) is 6.85. The summed E-state index contributed by atoms with van der Waals surface area (Å²) in [5.41, 5.74) is 2.31. The van der Waals surface area contributed by atoms with Crippen molar-refractivity contribution in [2.24, 2.45) is 0 Å². The molecule has 48 valence electrons. The van der Waals surface area contributed by atoms with Gasteiger partial charge in [-0.25, -0.2) is 0 Å². The van der Waals surface area contributed by atoms with Gasteiger partial charge in [-0.1, -0.05) is 15.9 Å². The Bertz CT molecular complexity index is 200. The summed E-state index contributed by atoms with van der Waals surface area (Å²) in [7, 11) is 0. The number of pyridine rings is 1. The molecule has 0 spiro atoms. The van der Waals surface area contributed by atoms with E-state index >= 15 is 0 Å². The summed E-state index contributed by atoms with van der Waals surface area (Å²) in [6.07, 6.45) is 1.80. The fourth-order valence-corrected chi connectivity index (χ4v) is 1.01. The van der Waals surface area contributed by atoms with Gasteiger partial charge < -0.3 is 0 Å². The SMILES string of the molecule is Cc1nccc(Br)c1C. The molecule has 0 atom stereocenters. The van der Waals surface area contributed by atoms with E-state index in [1.54, 1.807) is 6.20 Å². The molecule has 0 aliphatic carbocycles. The maximum Gasteiger partial charge on any atom is 0.0413 e. The summed E-state index contributed by atoms with van der Waals surface area (Å²) in [4.78, 5) is 4.11. The third-order valence-electron chi connectivity index (χ3n) is 1.39. The second-order valence-corrected chi connectivity index (χ2v) is 2.86. The van der Waals surface area contributed by atoms with E-state index in [0.29, 0.717) is 0 Å². The van der Waals surface area contributed by atoms with Gasteiger partial charge in [0.1, 0.15) is 0 Å². The molecule has 0 amide bonds. The van der Waals surface area contributed by atoms with Crippen LogP contribution in [0.15, 0.2) is 16.7 Å². The summed E-state index contributed by atoms with van der Waals surface area (Å²) < 4.78 is 1.13. The first-order chi connectivity index (χ1) is 4.22. The van der Waals surface area contributed by atoms with Crippen molar-refractivity contribution >= 4 is 15.9 Å². The van der Waals surface area contributed by atoms with E-state index in [1.165, 1.54) is 5.56 Å². The molecule has 2 heteroatoms. The van der Waals surface area contributed by atoms with E-state index in [2.05, 4.69) is 20.9 Å². The molecule has 1 aromatic heterocycles. The first-order valence-electron chi connectivity index (χ1n) is 2.79. The molecule has 0 radical (unpaired) electrons. The molecular weight excluding hydrogens is 178 g/mol. The fraction of sp³-hybridized carbons (Fsp3) is 0.286. The molecule has 1 nitrogen and oxygen atoms in total. The molecule has 1 aromatic rings. The van der Waals surface area contributed by atoms with Crippen molar-refractivity contribution in [3.8, 4) is 0 Å². The monoisotopic (exact) mass is 185 g/mol. The van der Waals surface area contributed by atoms with Gasteiger partial charge in [0.05, 0.1) is 0 Å².